The zero-order chi connectivity index (χ0) is 17.9. The number of aromatic nitrogens is 5. The molecular weight excluding hydrogens is 356 g/mol. The van der Waals surface area contributed by atoms with E-state index < -0.39 is 11.6 Å². The van der Waals surface area contributed by atoms with Gasteiger partial charge >= 0.3 is 0 Å². The van der Waals surface area contributed by atoms with Crippen LogP contribution in [0.15, 0.2) is 66.1 Å². The van der Waals surface area contributed by atoms with E-state index in [9.17, 15) is 8.78 Å². The van der Waals surface area contributed by atoms with Gasteiger partial charge in [0.05, 0.1) is 11.9 Å². The maximum Gasteiger partial charge on any atom is 0.209 e. The van der Waals surface area contributed by atoms with E-state index in [0.717, 1.165) is 17.3 Å². The summed E-state index contributed by atoms with van der Waals surface area (Å²) in [4.78, 5) is 4.28. The number of benzene rings is 2. The van der Waals surface area contributed by atoms with Crippen molar-refractivity contribution < 1.29 is 8.78 Å². The first-order chi connectivity index (χ1) is 12.7. The summed E-state index contributed by atoms with van der Waals surface area (Å²) >= 11 is 1.41. The molecule has 8 heteroatoms. The Labute approximate surface area is 152 Å². The van der Waals surface area contributed by atoms with Gasteiger partial charge in [-0.25, -0.2) is 18.4 Å². The summed E-state index contributed by atoms with van der Waals surface area (Å²) in [5, 5.41) is 11.6. The molecule has 4 aromatic rings. The number of rotatable bonds is 5. The predicted octanol–water partition coefficient (Wildman–Crippen LogP) is 4.23. The fourth-order valence-electron chi connectivity index (χ4n) is 2.44. The van der Waals surface area contributed by atoms with Crippen molar-refractivity contribution in [2.24, 2.45) is 0 Å². The Bertz CT molecular complexity index is 1010. The third-order valence-corrected chi connectivity index (χ3v) is 4.54. The lowest BCUT2D eigenvalue weighted by Gasteiger charge is -1.99. The molecule has 0 fully saturated rings. The Morgan fingerprint density at radius 1 is 1.04 bits per heavy atom. The molecule has 0 aliphatic carbocycles. The standard InChI is InChI=1S/C18H13F2N5S/c19-14-6-13(7-15(20)8-14)17-22-18(24-23-17)26-11-12-9-21-25(10-12)16-4-2-1-3-5-16/h1-10H,11H2,(H,22,23,24). The largest absolute Gasteiger partial charge is 0.258 e. The Balaban J connectivity index is 1.44. The van der Waals surface area contributed by atoms with Gasteiger partial charge in [-0.3, -0.25) is 5.10 Å². The van der Waals surface area contributed by atoms with Crippen molar-refractivity contribution in [2.45, 2.75) is 10.9 Å². The van der Waals surface area contributed by atoms with E-state index in [4.69, 9.17) is 0 Å². The van der Waals surface area contributed by atoms with Crippen molar-refractivity contribution in [3.63, 3.8) is 0 Å². The minimum atomic E-state index is -0.654. The SMILES string of the molecule is Fc1cc(F)cc(-c2nc(SCc3cnn(-c4ccccc4)c3)n[nH]2)c1. The van der Waals surface area contributed by atoms with Gasteiger partial charge in [0.2, 0.25) is 5.16 Å². The van der Waals surface area contributed by atoms with Crippen molar-refractivity contribution >= 4 is 11.8 Å². The maximum atomic E-state index is 13.3. The van der Waals surface area contributed by atoms with Gasteiger partial charge in [-0.1, -0.05) is 30.0 Å². The van der Waals surface area contributed by atoms with Crippen molar-refractivity contribution in [3.05, 3.63) is 78.1 Å². The Hall–Kier alpha value is -3.00. The normalized spacial score (nSPS) is 11.0. The van der Waals surface area contributed by atoms with E-state index in [0.29, 0.717) is 22.3 Å². The van der Waals surface area contributed by atoms with E-state index >= 15 is 0 Å². The van der Waals surface area contributed by atoms with E-state index in [-0.39, 0.29) is 0 Å². The smallest absolute Gasteiger partial charge is 0.209 e. The first-order valence-electron chi connectivity index (χ1n) is 7.78. The van der Waals surface area contributed by atoms with Crippen molar-refractivity contribution in [3.8, 4) is 17.1 Å². The third kappa shape index (κ3) is 3.65. The summed E-state index contributed by atoms with van der Waals surface area (Å²) < 4.78 is 28.4. The van der Waals surface area contributed by atoms with Gasteiger partial charge < -0.3 is 0 Å². The fraction of sp³-hybridized carbons (Fsp3) is 0.0556. The monoisotopic (exact) mass is 369 g/mol. The van der Waals surface area contributed by atoms with Gasteiger partial charge in [0.1, 0.15) is 11.6 Å². The minimum absolute atomic E-state index is 0.318. The first kappa shape index (κ1) is 16.5. The molecule has 1 N–H and O–H groups in total. The molecule has 2 aromatic heterocycles. The van der Waals surface area contributed by atoms with Crippen molar-refractivity contribution in [1.82, 2.24) is 25.0 Å². The second-order valence-electron chi connectivity index (χ2n) is 5.54. The summed E-state index contributed by atoms with van der Waals surface area (Å²) in [5.41, 5.74) is 2.32. The van der Waals surface area contributed by atoms with Crippen LogP contribution < -0.4 is 0 Å². The van der Waals surface area contributed by atoms with Crippen LogP contribution in [0.25, 0.3) is 17.1 Å². The molecule has 0 amide bonds. The summed E-state index contributed by atoms with van der Waals surface area (Å²) in [6, 6.07) is 13.1. The number of aromatic amines is 1. The summed E-state index contributed by atoms with van der Waals surface area (Å²) in [6.45, 7) is 0. The number of thioether (sulfide) groups is 1. The molecule has 0 saturated carbocycles. The highest BCUT2D eigenvalue weighted by molar-refractivity contribution is 7.98. The van der Waals surface area contributed by atoms with Crippen LogP contribution >= 0.6 is 11.8 Å². The van der Waals surface area contributed by atoms with Crippen LogP contribution in [-0.2, 0) is 5.75 Å². The quantitative estimate of drug-likeness (QED) is 0.535. The van der Waals surface area contributed by atoms with E-state index in [1.165, 1.54) is 23.9 Å². The zero-order valence-corrected chi connectivity index (χ0v) is 14.3. The van der Waals surface area contributed by atoms with Gasteiger partial charge in [-0.15, -0.1) is 5.10 Å². The van der Waals surface area contributed by atoms with E-state index in [2.05, 4.69) is 20.3 Å². The molecule has 0 atom stereocenters. The molecule has 130 valence electrons. The second kappa shape index (κ2) is 7.09. The van der Waals surface area contributed by atoms with Crippen molar-refractivity contribution in [1.29, 1.82) is 0 Å². The lowest BCUT2D eigenvalue weighted by atomic mass is 10.2. The fourth-order valence-corrected chi connectivity index (χ4v) is 3.15. The number of H-pyrrole nitrogens is 1. The molecule has 0 aliphatic rings. The highest BCUT2D eigenvalue weighted by atomic mass is 32.2. The summed E-state index contributed by atoms with van der Waals surface area (Å²) in [5.74, 6) is -0.356. The Morgan fingerprint density at radius 2 is 1.81 bits per heavy atom. The van der Waals surface area contributed by atoms with Crippen molar-refractivity contribution in [2.75, 3.05) is 0 Å². The maximum absolute atomic E-state index is 13.3. The van der Waals surface area contributed by atoms with Gasteiger partial charge in [0.15, 0.2) is 5.82 Å². The molecule has 0 aliphatic heterocycles. The Morgan fingerprint density at radius 3 is 2.58 bits per heavy atom. The van der Waals surface area contributed by atoms with Gasteiger partial charge in [0.25, 0.3) is 0 Å². The van der Waals surface area contributed by atoms with Gasteiger partial charge in [-0.2, -0.15) is 5.10 Å². The van der Waals surface area contributed by atoms with E-state index in [1.807, 2.05) is 36.5 Å². The number of nitrogens with one attached hydrogen (secondary N) is 1. The molecule has 0 radical (unpaired) electrons. The van der Waals surface area contributed by atoms with Gasteiger partial charge in [-0.05, 0) is 24.3 Å². The number of hydrogen-bond acceptors (Lipinski definition) is 4. The molecule has 4 rings (SSSR count). The number of halogens is 2. The van der Waals surface area contributed by atoms with Crippen LogP contribution in [0.4, 0.5) is 8.78 Å². The van der Waals surface area contributed by atoms with Crippen LogP contribution in [0.1, 0.15) is 5.56 Å². The van der Waals surface area contributed by atoms with E-state index in [1.54, 1.807) is 10.9 Å². The van der Waals surface area contributed by atoms with Crippen LogP contribution in [0.2, 0.25) is 0 Å². The number of para-hydroxylation sites is 1. The summed E-state index contributed by atoms with van der Waals surface area (Å²) in [6.07, 6.45) is 3.73. The molecule has 5 nitrogen and oxygen atoms in total. The second-order valence-corrected chi connectivity index (χ2v) is 6.48. The molecule has 0 unspecified atom stereocenters. The molecule has 0 spiro atoms. The average Bonchev–Trinajstić information content (AvgIpc) is 3.29. The van der Waals surface area contributed by atoms with Gasteiger partial charge in [0, 0.05) is 29.1 Å². The Kier molecular flexibility index (Phi) is 4.49. The van der Waals surface area contributed by atoms with Crippen LogP contribution in [0, 0.1) is 11.6 Å². The summed E-state index contributed by atoms with van der Waals surface area (Å²) in [7, 11) is 0. The third-order valence-electron chi connectivity index (χ3n) is 3.63. The van der Waals surface area contributed by atoms with Crippen LogP contribution in [-0.4, -0.2) is 25.0 Å². The van der Waals surface area contributed by atoms with Crippen LogP contribution in [0.5, 0.6) is 0 Å². The molecule has 0 saturated heterocycles. The topological polar surface area (TPSA) is 59.4 Å². The molecular formula is C18H13F2N5S. The molecule has 2 aromatic carbocycles. The zero-order valence-electron chi connectivity index (χ0n) is 13.4. The lowest BCUT2D eigenvalue weighted by Crippen LogP contribution is -1.92. The number of nitrogens with zero attached hydrogens (tertiary/aromatic N) is 4. The lowest BCUT2D eigenvalue weighted by molar-refractivity contribution is 0.584. The molecule has 0 bridgehead atoms. The molecule has 26 heavy (non-hydrogen) atoms. The van der Waals surface area contributed by atoms with Crippen LogP contribution in [0.3, 0.4) is 0 Å². The average molecular weight is 369 g/mol. The highest BCUT2D eigenvalue weighted by Gasteiger charge is 2.10. The molecule has 2 heterocycles. The minimum Gasteiger partial charge on any atom is -0.258 e. The highest BCUT2D eigenvalue weighted by Crippen LogP contribution is 2.23. The first-order valence-corrected chi connectivity index (χ1v) is 8.76. The predicted molar refractivity (Wildman–Crippen MR) is 94.9 cm³/mol. The number of hydrogen-bond donors (Lipinski definition) is 1.